The number of benzene rings is 2. The van der Waals surface area contributed by atoms with Crippen LogP contribution < -0.4 is 15.8 Å². The highest BCUT2D eigenvalue weighted by molar-refractivity contribution is 7.92. The van der Waals surface area contributed by atoms with Crippen LogP contribution in [-0.2, 0) is 10.0 Å². The summed E-state index contributed by atoms with van der Waals surface area (Å²) in [5.41, 5.74) is 6.59. The molecule has 0 bridgehead atoms. The minimum atomic E-state index is -3.69. The van der Waals surface area contributed by atoms with E-state index in [0.717, 1.165) is 12.8 Å². The molecule has 1 amide bonds. The van der Waals surface area contributed by atoms with Crippen LogP contribution in [0.3, 0.4) is 0 Å². The van der Waals surface area contributed by atoms with E-state index in [1.807, 2.05) is 0 Å². The lowest BCUT2D eigenvalue weighted by Crippen LogP contribution is -2.41. The highest BCUT2D eigenvalue weighted by Gasteiger charge is 2.31. The van der Waals surface area contributed by atoms with E-state index in [1.165, 1.54) is 24.3 Å². The van der Waals surface area contributed by atoms with Gasteiger partial charge in [0.2, 0.25) is 0 Å². The summed E-state index contributed by atoms with van der Waals surface area (Å²) in [6.07, 6.45) is 2.18. The molecule has 0 aromatic heterocycles. The number of nitrogens with two attached hydrogens (primary N) is 1. The van der Waals surface area contributed by atoms with Gasteiger partial charge in [-0.1, -0.05) is 18.2 Å². The van der Waals surface area contributed by atoms with Crippen LogP contribution >= 0.6 is 12.4 Å². The number of amides is 1. The van der Waals surface area contributed by atoms with Gasteiger partial charge in [-0.3, -0.25) is 9.52 Å². The van der Waals surface area contributed by atoms with Crippen molar-refractivity contribution in [1.29, 1.82) is 0 Å². The Morgan fingerprint density at radius 2 is 1.69 bits per heavy atom. The maximum absolute atomic E-state index is 12.4. The molecule has 1 fully saturated rings. The second-order valence-corrected chi connectivity index (χ2v) is 7.83. The highest BCUT2D eigenvalue weighted by Crippen LogP contribution is 2.32. The standard InChI is InChI=1S/C18H21N3O3S.ClH/c19-12-17(13-6-7-13)20-18(22)14-8-10-16(11-9-14)25(23,24)21-15-4-2-1-3-5-15;/h1-5,8-11,13,17,21H,6-7,12,19H2,(H,20,22);1H. The summed E-state index contributed by atoms with van der Waals surface area (Å²) in [4.78, 5) is 12.4. The van der Waals surface area contributed by atoms with E-state index >= 15 is 0 Å². The predicted octanol–water partition coefficient (Wildman–Crippen LogP) is 2.38. The van der Waals surface area contributed by atoms with Crippen LogP contribution in [0.5, 0.6) is 0 Å². The fraction of sp³-hybridized carbons (Fsp3) is 0.278. The first-order valence-corrected chi connectivity index (χ1v) is 9.67. The molecule has 0 radical (unpaired) electrons. The molecule has 0 heterocycles. The van der Waals surface area contributed by atoms with Crippen molar-refractivity contribution in [2.24, 2.45) is 11.7 Å². The normalized spacial score (nSPS) is 14.8. The van der Waals surface area contributed by atoms with Crippen LogP contribution in [0.2, 0.25) is 0 Å². The van der Waals surface area contributed by atoms with Gasteiger partial charge < -0.3 is 11.1 Å². The number of halogens is 1. The molecule has 4 N–H and O–H groups in total. The van der Waals surface area contributed by atoms with Crippen molar-refractivity contribution in [2.45, 2.75) is 23.8 Å². The topological polar surface area (TPSA) is 101 Å². The minimum absolute atomic E-state index is 0. The Labute approximate surface area is 159 Å². The number of carbonyl (C=O) groups is 1. The van der Waals surface area contributed by atoms with Crippen LogP contribution in [0.4, 0.5) is 5.69 Å². The zero-order valence-corrected chi connectivity index (χ0v) is 15.7. The van der Waals surface area contributed by atoms with Gasteiger partial charge in [-0.05, 0) is 55.2 Å². The fourth-order valence-electron chi connectivity index (χ4n) is 2.63. The molecule has 140 valence electrons. The summed E-state index contributed by atoms with van der Waals surface area (Å²) in [7, 11) is -3.69. The number of hydrogen-bond acceptors (Lipinski definition) is 4. The van der Waals surface area contributed by atoms with Crippen LogP contribution in [0.25, 0.3) is 0 Å². The minimum Gasteiger partial charge on any atom is -0.348 e. The van der Waals surface area contributed by atoms with Crippen LogP contribution in [0, 0.1) is 5.92 Å². The summed E-state index contributed by atoms with van der Waals surface area (Å²) in [5, 5.41) is 2.91. The zero-order valence-electron chi connectivity index (χ0n) is 14.1. The Hall–Kier alpha value is -2.09. The van der Waals surface area contributed by atoms with E-state index in [1.54, 1.807) is 30.3 Å². The van der Waals surface area contributed by atoms with Crippen molar-refractivity contribution < 1.29 is 13.2 Å². The van der Waals surface area contributed by atoms with Crippen molar-refractivity contribution in [1.82, 2.24) is 5.32 Å². The van der Waals surface area contributed by atoms with Gasteiger partial charge in [0, 0.05) is 23.8 Å². The third-order valence-electron chi connectivity index (χ3n) is 4.21. The monoisotopic (exact) mass is 395 g/mol. The van der Waals surface area contributed by atoms with Gasteiger partial charge in [0.15, 0.2) is 0 Å². The van der Waals surface area contributed by atoms with Gasteiger partial charge >= 0.3 is 0 Å². The molecular weight excluding hydrogens is 374 g/mol. The number of nitrogens with one attached hydrogen (secondary N) is 2. The van der Waals surface area contributed by atoms with Crippen molar-refractivity contribution in [3.8, 4) is 0 Å². The number of carbonyl (C=O) groups excluding carboxylic acids is 1. The quantitative estimate of drug-likeness (QED) is 0.669. The number of sulfonamides is 1. The molecule has 1 atom stereocenters. The van der Waals surface area contributed by atoms with Gasteiger partial charge in [-0.25, -0.2) is 8.42 Å². The number of rotatable bonds is 7. The van der Waals surface area contributed by atoms with E-state index in [4.69, 9.17) is 5.73 Å². The second-order valence-electron chi connectivity index (χ2n) is 6.15. The van der Waals surface area contributed by atoms with Crippen molar-refractivity contribution in [3.63, 3.8) is 0 Å². The molecule has 2 aromatic rings. The molecule has 0 aliphatic heterocycles. The first kappa shape index (κ1) is 20.2. The molecular formula is C18H22ClN3O3S. The Bertz CT molecular complexity index is 838. The zero-order chi connectivity index (χ0) is 17.9. The molecule has 1 unspecified atom stereocenters. The lowest BCUT2D eigenvalue weighted by molar-refractivity contribution is 0.0933. The van der Waals surface area contributed by atoms with Gasteiger partial charge in [0.25, 0.3) is 15.9 Å². The lowest BCUT2D eigenvalue weighted by atomic mass is 10.1. The van der Waals surface area contributed by atoms with Crippen LogP contribution in [0.1, 0.15) is 23.2 Å². The molecule has 0 spiro atoms. The van der Waals surface area contributed by atoms with Crippen LogP contribution in [-0.4, -0.2) is 26.9 Å². The van der Waals surface area contributed by atoms with Crippen molar-refractivity contribution in [2.75, 3.05) is 11.3 Å². The maximum atomic E-state index is 12.4. The van der Waals surface area contributed by atoms with Gasteiger partial charge in [0.1, 0.15) is 0 Å². The first-order chi connectivity index (χ1) is 12.0. The van der Waals surface area contributed by atoms with Gasteiger partial charge in [0.05, 0.1) is 4.90 Å². The highest BCUT2D eigenvalue weighted by atomic mass is 35.5. The fourth-order valence-corrected chi connectivity index (χ4v) is 3.68. The Balaban J connectivity index is 0.00000243. The van der Waals surface area contributed by atoms with Gasteiger partial charge in [-0.2, -0.15) is 0 Å². The van der Waals surface area contributed by atoms with E-state index in [9.17, 15) is 13.2 Å². The molecule has 1 aliphatic rings. The van der Waals surface area contributed by atoms with E-state index < -0.39 is 10.0 Å². The van der Waals surface area contributed by atoms with E-state index in [2.05, 4.69) is 10.0 Å². The second kappa shape index (κ2) is 8.53. The van der Waals surface area contributed by atoms with Gasteiger partial charge in [-0.15, -0.1) is 12.4 Å². The number of anilines is 1. The average molecular weight is 396 g/mol. The van der Waals surface area contributed by atoms with E-state index in [0.29, 0.717) is 23.7 Å². The largest absolute Gasteiger partial charge is 0.348 e. The maximum Gasteiger partial charge on any atom is 0.261 e. The Morgan fingerprint density at radius 1 is 1.08 bits per heavy atom. The average Bonchev–Trinajstić information content (AvgIpc) is 3.45. The Morgan fingerprint density at radius 3 is 2.23 bits per heavy atom. The van der Waals surface area contributed by atoms with Crippen molar-refractivity contribution >= 4 is 34.0 Å². The first-order valence-electron chi connectivity index (χ1n) is 8.18. The third kappa shape index (κ3) is 4.97. The van der Waals surface area contributed by atoms with Crippen LogP contribution in [0.15, 0.2) is 59.5 Å². The number of hydrogen-bond donors (Lipinski definition) is 3. The summed E-state index contributed by atoms with van der Waals surface area (Å²) in [6, 6.07) is 14.5. The number of para-hydroxylation sites is 1. The summed E-state index contributed by atoms with van der Waals surface area (Å²) >= 11 is 0. The lowest BCUT2D eigenvalue weighted by Gasteiger charge is -2.16. The molecule has 1 saturated carbocycles. The van der Waals surface area contributed by atoms with E-state index in [-0.39, 0.29) is 29.3 Å². The molecule has 6 nitrogen and oxygen atoms in total. The molecule has 2 aromatic carbocycles. The molecule has 0 saturated heterocycles. The van der Waals surface area contributed by atoms with Crippen molar-refractivity contribution in [3.05, 3.63) is 60.2 Å². The molecule has 1 aliphatic carbocycles. The predicted molar refractivity (Wildman–Crippen MR) is 104 cm³/mol. The summed E-state index contributed by atoms with van der Waals surface area (Å²) in [5.74, 6) is 0.228. The smallest absolute Gasteiger partial charge is 0.261 e. The summed E-state index contributed by atoms with van der Waals surface area (Å²) < 4.78 is 27.3. The molecule has 8 heteroatoms. The third-order valence-corrected chi connectivity index (χ3v) is 5.61. The Kier molecular flexibility index (Phi) is 6.63. The molecule has 3 rings (SSSR count). The SMILES string of the molecule is Cl.NCC(NC(=O)c1ccc(S(=O)(=O)Nc2ccccc2)cc1)C1CC1. The molecule has 26 heavy (non-hydrogen) atoms. The summed E-state index contributed by atoms with van der Waals surface area (Å²) in [6.45, 7) is 0.407.